The summed E-state index contributed by atoms with van der Waals surface area (Å²) in [5.41, 5.74) is 0. The Morgan fingerprint density at radius 1 is 1.53 bits per heavy atom. The molecule has 0 aromatic carbocycles. The molecule has 3 aliphatic rings. The number of hydrogen-bond donors (Lipinski definition) is 2. The number of carbonyl (C=O) groups is 1. The summed E-state index contributed by atoms with van der Waals surface area (Å²) in [5, 5.41) is 12.4. The molecule has 5 heteroatoms. The lowest BCUT2D eigenvalue weighted by molar-refractivity contribution is -0.139. The van der Waals surface area contributed by atoms with E-state index < -0.39 is 5.97 Å². The van der Waals surface area contributed by atoms with Gasteiger partial charge in [0.25, 0.3) is 0 Å². The van der Waals surface area contributed by atoms with Gasteiger partial charge in [0.15, 0.2) is 0 Å². The molecule has 0 aromatic heterocycles. The summed E-state index contributed by atoms with van der Waals surface area (Å²) >= 11 is 1.84. The van der Waals surface area contributed by atoms with Crippen LogP contribution in [0.5, 0.6) is 0 Å². The summed E-state index contributed by atoms with van der Waals surface area (Å²) in [4.78, 5) is 13.5. The van der Waals surface area contributed by atoms with E-state index in [0.717, 1.165) is 25.3 Å². The van der Waals surface area contributed by atoms with E-state index in [0.29, 0.717) is 5.92 Å². The average Bonchev–Trinajstić information content (AvgIpc) is 2.76. The monoisotopic (exact) mass is 228 g/mol. The van der Waals surface area contributed by atoms with Gasteiger partial charge in [-0.1, -0.05) is 0 Å². The minimum atomic E-state index is -0.695. The third kappa shape index (κ3) is 1.48. The second kappa shape index (κ2) is 3.37. The fourth-order valence-corrected chi connectivity index (χ4v) is 4.65. The fraction of sp³-hybridized carbons (Fsp3) is 0.900. The molecule has 2 bridgehead atoms. The second-order valence-corrected chi connectivity index (χ2v) is 6.12. The number of thioether (sulfide) groups is 1. The molecule has 15 heavy (non-hydrogen) atoms. The molecule has 0 aromatic rings. The molecule has 1 spiro atoms. The van der Waals surface area contributed by atoms with Crippen molar-refractivity contribution in [2.24, 2.45) is 5.92 Å². The maximum absolute atomic E-state index is 10.9. The fourth-order valence-electron chi connectivity index (χ4n) is 3.07. The van der Waals surface area contributed by atoms with Crippen LogP contribution in [0.3, 0.4) is 0 Å². The quantitative estimate of drug-likeness (QED) is 0.671. The molecule has 0 amide bonds. The Morgan fingerprint density at radius 2 is 2.40 bits per heavy atom. The number of aliphatic carboxylic acids is 1. The highest BCUT2D eigenvalue weighted by Crippen LogP contribution is 2.46. The Morgan fingerprint density at radius 3 is 3.13 bits per heavy atom. The molecule has 3 rings (SSSR count). The van der Waals surface area contributed by atoms with Crippen LogP contribution in [0.15, 0.2) is 0 Å². The molecule has 3 saturated heterocycles. The van der Waals surface area contributed by atoms with Gasteiger partial charge in [-0.3, -0.25) is 10.1 Å². The molecule has 3 fully saturated rings. The van der Waals surface area contributed by atoms with Crippen LogP contribution < -0.4 is 5.32 Å². The van der Waals surface area contributed by atoms with Crippen molar-refractivity contribution >= 4 is 17.7 Å². The first-order valence-electron chi connectivity index (χ1n) is 5.56. The topological polar surface area (TPSA) is 52.6 Å². The van der Waals surface area contributed by atoms with Crippen LogP contribution in [-0.2, 0) is 4.79 Å². The number of carboxylic acids is 1. The van der Waals surface area contributed by atoms with E-state index in [9.17, 15) is 4.79 Å². The number of fused-ring (bicyclic) bond motifs is 3. The first-order valence-corrected chi connectivity index (χ1v) is 6.55. The molecule has 4 nitrogen and oxygen atoms in total. The van der Waals surface area contributed by atoms with E-state index >= 15 is 0 Å². The van der Waals surface area contributed by atoms with Gasteiger partial charge in [0.05, 0.1) is 4.87 Å². The Hall–Kier alpha value is -0.260. The van der Waals surface area contributed by atoms with Gasteiger partial charge < -0.3 is 10.0 Å². The van der Waals surface area contributed by atoms with Gasteiger partial charge in [0.2, 0.25) is 0 Å². The van der Waals surface area contributed by atoms with Crippen LogP contribution in [0, 0.1) is 5.92 Å². The van der Waals surface area contributed by atoms with Crippen molar-refractivity contribution in [1.29, 1.82) is 0 Å². The summed E-state index contributed by atoms with van der Waals surface area (Å²) < 4.78 is 0. The third-order valence-electron chi connectivity index (χ3n) is 3.96. The maximum atomic E-state index is 10.9. The Kier molecular flexibility index (Phi) is 2.23. The van der Waals surface area contributed by atoms with E-state index in [1.54, 1.807) is 0 Å². The lowest BCUT2D eigenvalue weighted by Crippen LogP contribution is -2.54. The number of hydrogen-bond acceptors (Lipinski definition) is 4. The van der Waals surface area contributed by atoms with Crippen molar-refractivity contribution in [3.05, 3.63) is 0 Å². The van der Waals surface area contributed by atoms with Crippen LogP contribution >= 0.6 is 11.8 Å². The number of carboxylic acid groups (broad SMARTS) is 1. The number of piperidine rings is 1. The second-order valence-electron chi connectivity index (χ2n) is 4.77. The van der Waals surface area contributed by atoms with Gasteiger partial charge >= 0.3 is 5.97 Å². The van der Waals surface area contributed by atoms with Gasteiger partial charge in [0, 0.05) is 24.8 Å². The normalized spacial score (nSPS) is 48.7. The molecular weight excluding hydrogens is 212 g/mol. The smallest absolute Gasteiger partial charge is 0.321 e. The average molecular weight is 228 g/mol. The Labute approximate surface area is 93.4 Å². The molecule has 2 N–H and O–H groups in total. The molecule has 4 atom stereocenters. The standard InChI is InChI=1S/C10H16N2O2S/c13-9(14)8-6-15-10(11-8)2-4-12-3-1-7(10)5-12/h7-8,11H,1-6H2,(H,13,14)/t7?,8-,10?/m0/s1. The van der Waals surface area contributed by atoms with Crippen LogP contribution in [0.4, 0.5) is 0 Å². The van der Waals surface area contributed by atoms with Crippen molar-refractivity contribution in [2.45, 2.75) is 23.8 Å². The highest BCUT2D eigenvalue weighted by molar-refractivity contribution is 8.01. The molecule has 0 saturated carbocycles. The van der Waals surface area contributed by atoms with Crippen LogP contribution in [0.25, 0.3) is 0 Å². The number of nitrogens with zero attached hydrogens (tertiary/aromatic N) is 1. The lowest BCUT2D eigenvalue weighted by atomic mass is 9.92. The summed E-state index contributed by atoms with van der Waals surface area (Å²) in [6.07, 6.45) is 2.33. The summed E-state index contributed by atoms with van der Waals surface area (Å²) in [5.74, 6) is 0.687. The zero-order valence-corrected chi connectivity index (χ0v) is 9.42. The zero-order chi connectivity index (χ0) is 10.5. The van der Waals surface area contributed by atoms with E-state index in [4.69, 9.17) is 5.11 Å². The number of nitrogens with one attached hydrogen (secondary N) is 1. The molecule has 3 heterocycles. The molecule has 3 unspecified atom stereocenters. The summed E-state index contributed by atoms with van der Waals surface area (Å²) in [7, 11) is 0. The van der Waals surface area contributed by atoms with Crippen molar-refractivity contribution in [3.8, 4) is 0 Å². The predicted octanol–water partition coefficient (Wildman–Crippen LogP) is 0.198. The number of rotatable bonds is 1. The SMILES string of the molecule is O=C(O)[C@@H]1CSC2(CCN3CCC2C3)N1. The van der Waals surface area contributed by atoms with Gasteiger partial charge in [-0.2, -0.15) is 0 Å². The maximum Gasteiger partial charge on any atom is 0.321 e. The van der Waals surface area contributed by atoms with Gasteiger partial charge in [-0.05, 0) is 19.4 Å². The highest BCUT2D eigenvalue weighted by atomic mass is 32.2. The minimum absolute atomic E-state index is 0.0794. The summed E-state index contributed by atoms with van der Waals surface area (Å²) in [6, 6.07) is -0.331. The molecular formula is C10H16N2O2S. The highest BCUT2D eigenvalue weighted by Gasteiger charge is 2.51. The van der Waals surface area contributed by atoms with Gasteiger partial charge in [-0.25, -0.2) is 0 Å². The molecule has 3 aliphatic heterocycles. The van der Waals surface area contributed by atoms with Gasteiger partial charge in [0.1, 0.15) is 6.04 Å². The van der Waals surface area contributed by atoms with Crippen molar-refractivity contribution in [2.75, 3.05) is 25.4 Å². The van der Waals surface area contributed by atoms with E-state index in [1.165, 1.54) is 13.0 Å². The largest absolute Gasteiger partial charge is 0.480 e. The third-order valence-corrected chi connectivity index (χ3v) is 5.63. The van der Waals surface area contributed by atoms with Crippen molar-refractivity contribution in [1.82, 2.24) is 10.2 Å². The lowest BCUT2D eigenvalue weighted by Gasteiger charge is -2.39. The van der Waals surface area contributed by atoms with Crippen molar-refractivity contribution < 1.29 is 9.90 Å². The van der Waals surface area contributed by atoms with E-state index in [2.05, 4.69) is 10.2 Å². The molecule has 0 radical (unpaired) electrons. The van der Waals surface area contributed by atoms with Crippen LogP contribution in [-0.4, -0.2) is 52.3 Å². The van der Waals surface area contributed by atoms with Gasteiger partial charge in [-0.15, -0.1) is 11.8 Å². The first-order chi connectivity index (χ1) is 7.20. The summed E-state index contributed by atoms with van der Waals surface area (Å²) in [6.45, 7) is 3.49. The van der Waals surface area contributed by atoms with Crippen LogP contribution in [0.2, 0.25) is 0 Å². The van der Waals surface area contributed by atoms with Crippen LogP contribution in [0.1, 0.15) is 12.8 Å². The minimum Gasteiger partial charge on any atom is -0.480 e. The van der Waals surface area contributed by atoms with Crippen molar-refractivity contribution in [3.63, 3.8) is 0 Å². The Balaban J connectivity index is 1.78. The molecule has 84 valence electrons. The Bertz CT molecular complexity index is 299. The van der Waals surface area contributed by atoms with E-state index in [-0.39, 0.29) is 10.9 Å². The zero-order valence-electron chi connectivity index (χ0n) is 8.61. The van der Waals surface area contributed by atoms with E-state index in [1.807, 2.05) is 11.8 Å². The molecule has 0 aliphatic carbocycles. The predicted molar refractivity (Wildman–Crippen MR) is 58.9 cm³/mol. The first kappa shape index (κ1) is 9.93.